The van der Waals surface area contributed by atoms with E-state index in [0.29, 0.717) is 16.1 Å². The van der Waals surface area contributed by atoms with Gasteiger partial charge in [-0.05, 0) is 43.4 Å². The van der Waals surface area contributed by atoms with E-state index in [0.717, 1.165) is 35.2 Å². The lowest BCUT2D eigenvalue weighted by atomic mass is 9.94. The second-order valence-corrected chi connectivity index (χ2v) is 6.46. The quantitative estimate of drug-likeness (QED) is 0.837. The lowest BCUT2D eigenvalue weighted by molar-refractivity contribution is 0.410. The summed E-state index contributed by atoms with van der Waals surface area (Å²) in [5, 5.41) is 4.74. The van der Waals surface area contributed by atoms with E-state index in [1.807, 2.05) is 12.1 Å². The van der Waals surface area contributed by atoms with Gasteiger partial charge in [0.15, 0.2) is 0 Å². The largest absolute Gasteiger partial charge is 0.341 e. The molecule has 0 radical (unpaired) electrons. The number of halogens is 2. The summed E-state index contributed by atoms with van der Waals surface area (Å²) in [7, 11) is 0. The lowest BCUT2D eigenvalue weighted by Crippen LogP contribution is -2.18. The number of hydrogen-bond donors (Lipinski definition) is 2. The smallest absolute Gasteiger partial charge is 0.124 e. The van der Waals surface area contributed by atoms with Crippen molar-refractivity contribution in [2.45, 2.75) is 25.3 Å². The van der Waals surface area contributed by atoms with E-state index in [2.05, 4.69) is 10.3 Å². The Kier molecular flexibility index (Phi) is 2.76. The Labute approximate surface area is 121 Å². The molecule has 1 aromatic heterocycles. The summed E-state index contributed by atoms with van der Waals surface area (Å²) in [6.07, 6.45) is 4.01. The molecule has 2 aliphatic rings. The molecule has 3 nitrogen and oxygen atoms in total. The fourth-order valence-electron chi connectivity index (χ4n) is 3.66. The van der Waals surface area contributed by atoms with Gasteiger partial charge in [-0.1, -0.05) is 29.6 Å². The Morgan fingerprint density at radius 2 is 2.00 bits per heavy atom. The van der Waals surface area contributed by atoms with Crippen LogP contribution in [0, 0.1) is 11.8 Å². The second-order valence-electron chi connectivity index (χ2n) is 5.65. The number of rotatable bonds is 1. The fourth-order valence-corrected chi connectivity index (χ4v) is 3.98. The van der Waals surface area contributed by atoms with Crippen molar-refractivity contribution < 1.29 is 0 Å². The third-order valence-electron chi connectivity index (χ3n) is 4.58. The third kappa shape index (κ3) is 1.87. The van der Waals surface area contributed by atoms with Crippen LogP contribution >= 0.6 is 23.2 Å². The molecule has 1 saturated carbocycles. The van der Waals surface area contributed by atoms with Crippen LogP contribution < -0.4 is 5.32 Å². The lowest BCUT2D eigenvalue weighted by Gasteiger charge is -2.15. The minimum atomic E-state index is 0.359. The van der Waals surface area contributed by atoms with Gasteiger partial charge in [-0.2, -0.15) is 0 Å². The molecule has 3 unspecified atom stereocenters. The summed E-state index contributed by atoms with van der Waals surface area (Å²) in [4.78, 5) is 8.10. The number of aromatic nitrogens is 2. The molecule has 2 fully saturated rings. The van der Waals surface area contributed by atoms with Gasteiger partial charge < -0.3 is 10.3 Å². The first kappa shape index (κ1) is 12.0. The molecule has 2 N–H and O–H groups in total. The van der Waals surface area contributed by atoms with Crippen molar-refractivity contribution in [2.75, 3.05) is 6.54 Å². The zero-order valence-electron chi connectivity index (χ0n) is 10.4. The van der Waals surface area contributed by atoms with Crippen molar-refractivity contribution in [3.8, 4) is 0 Å². The highest BCUT2D eigenvalue weighted by molar-refractivity contribution is 6.42. The fraction of sp³-hybridized carbons (Fsp3) is 0.500. The first-order valence-corrected chi connectivity index (χ1v) is 7.56. The number of aromatic amines is 1. The molecule has 1 aromatic carbocycles. The SMILES string of the molecule is Clc1cc2nc(C3NCC4CCCC43)[nH]c2cc1Cl. The number of nitrogens with zero attached hydrogens (tertiary/aromatic N) is 1. The molecular weight excluding hydrogens is 281 g/mol. The van der Waals surface area contributed by atoms with Crippen LogP contribution in [0.1, 0.15) is 31.1 Å². The van der Waals surface area contributed by atoms with Gasteiger partial charge in [0.05, 0.1) is 27.1 Å². The van der Waals surface area contributed by atoms with Crippen molar-refractivity contribution in [3.63, 3.8) is 0 Å². The van der Waals surface area contributed by atoms with Crippen molar-refractivity contribution in [3.05, 3.63) is 28.0 Å². The summed E-state index contributed by atoms with van der Waals surface area (Å²) < 4.78 is 0. The molecule has 2 heterocycles. The minimum Gasteiger partial charge on any atom is -0.341 e. The van der Waals surface area contributed by atoms with Crippen molar-refractivity contribution in [1.82, 2.24) is 15.3 Å². The standard InChI is InChI=1S/C14H15Cl2N3/c15-9-4-11-12(5-10(9)16)19-14(18-11)13-8-3-1-2-7(8)6-17-13/h4-5,7-8,13,17H,1-3,6H2,(H,18,19). The molecule has 1 aliphatic heterocycles. The molecule has 0 bridgehead atoms. The van der Waals surface area contributed by atoms with Crippen LogP contribution in [0.3, 0.4) is 0 Å². The van der Waals surface area contributed by atoms with Crippen LogP contribution in [0.5, 0.6) is 0 Å². The van der Waals surface area contributed by atoms with Gasteiger partial charge in [-0.15, -0.1) is 0 Å². The first-order chi connectivity index (χ1) is 9.22. The summed E-state index contributed by atoms with van der Waals surface area (Å²) in [5.74, 6) is 2.58. The summed E-state index contributed by atoms with van der Waals surface area (Å²) in [5.41, 5.74) is 1.86. The Bertz CT molecular complexity index is 598. The van der Waals surface area contributed by atoms with Crippen molar-refractivity contribution >= 4 is 34.2 Å². The van der Waals surface area contributed by atoms with Crippen molar-refractivity contribution in [2.24, 2.45) is 11.8 Å². The first-order valence-electron chi connectivity index (χ1n) is 6.80. The molecule has 100 valence electrons. The summed E-state index contributed by atoms with van der Waals surface area (Å²) in [6.45, 7) is 1.12. The van der Waals surface area contributed by atoms with Gasteiger partial charge in [0.2, 0.25) is 0 Å². The van der Waals surface area contributed by atoms with Gasteiger partial charge in [0, 0.05) is 0 Å². The highest BCUT2D eigenvalue weighted by atomic mass is 35.5. The highest BCUT2D eigenvalue weighted by Crippen LogP contribution is 2.44. The number of H-pyrrole nitrogens is 1. The highest BCUT2D eigenvalue weighted by Gasteiger charge is 2.40. The van der Waals surface area contributed by atoms with Crippen LogP contribution in [0.25, 0.3) is 11.0 Å². The minimum absolute atomic E-state index is 0.359. The maximum Gasteiger partial charge on any atom is 0.124 e. The number of nitrogens with one attached hydrogen (secondary N) is 2. The normalized spacial score (nSPS) is 30.1. The van der Waals surface area contributed by atoms with Gasteiger partial charge in [0.1, 0.15) is 5.82 Å². The number of fused-ring (bicyclic) bond motifs is 2. The van der Waals surface area contributed by atoms with Crippen LogP contribution in [-0.2, 0) is 0 Å². The second kappa shape index (κ2) is 4.37. The predicted molar refractivity (Wildman–Crippen MR) is 77.7 cm³/mol. The van der Waals surface area contributed by atoms with Gasteiger partial charge in [-0.3, -0.25) is 0 Å². The molecule has 1 aliphatic carbocycles. The van der Waals surface area contributed by atoms with Gasteiger partial charge >= 0.3 is 0 Å². The Balaban J connectivity index is 1.75. The number of benzene rings is 1. The average Bonchev–Trinajstić information content (AvgIpc) is 3.03. The van der Waals surface area contributed by atoms with Crippen molar-refractivity contribution in [1.29, 1.82) is 0 Å². The molecule has 1 saturated heterocycles. The van der Waals surface area contributed by atoms with E-state index in [4.69, 9.17) is 28.2 Å². The van der Waals surface area contributed by atoms with E-state index in [9.17, 15) is 0 Å². The van der Waals surface area contributed by atoms with Gasteiger partial charge in [0.25, 0.3) is 0 Å². The van der Waals surface area contributed by atoms with Crippen LogP contribution in [0.2, 0.25) is 10.0 Å². The Morgan fingerprint density at radius 3 is 2.89 bits per heavy atom. The molecule has 19 heavy (non-hydrogen) atoms. The molecule has 2 aromatic rings. The van der Waals surface area contributed by atoms with E-state index in [1.165, 1.54) is 19.3 Å². The molecule has 0 spiro atoms. The predicted octanol–water partition coefficient (Wildman–Crippen LogP) is 3.93. The molecule has 4 rings (SSSR count). The Hall–Kier alpha value is -0.770. The monoisotopic (exact) mass is 295 g/mol. The number of hydrogen-bond acceptors (Lipinski definition) is 2. The molecule has 3 atom stereocenters. The van der Waals surface area contributed by atoms with E-state index < -0.39 is 0 Å². The molecule has 5 heteroatoms. The average molecular weight is 296 g/mol. The zero-order valence-corrected chi connectivity index (χ0v) is 11.9. The summed E-state index contributed by atoms with van der Waals surface area (Å²) in [6, 6.07) is 4.05. The number of imidazole rings is 1. The van der Waals surface area contributed by atoms with Gasteiger partial charge in [-0.25, -0.2) is 4.98 Å². The van der Waals surface area contributed by atoms with Crippen LogP contribution in [0.4, 0.5) is 0 Å². The maximum atomic E-state index is 6.05. The van der Waals surface area contributed by atoms with Crippen LogP contribution in [0.15, 0.2) is 12.1 Å². The zero-order chi connectivity index (χ0) is 13.0. The van der Waals surface area contributed by atoms with E-state index >= 15 is 0 Å². The van der Waals surface area contributed by atoms with E-state index in [-0.39, 0.29) is 0 Å². The van der Waals surface area contributed by atoms with Crippen LogP contribution in [-0.4, -0.2) is 16.5 Å². The maximum absolute atomic E-state index is 6.05. The molecule has 0 amide bonds. The van der Waals surface area contributed by atoms with E-state index in [1.54, 1.807) is 0 Å². The topological polar surface area (TPSA) is 40.7 Å². The third-order valence-corrected chi connectivity index (χ3v) is 5.30. The Morgan fingerprint density at radius 1 is 1.16 bits per heavy atom. The molecular formula is C14H15Cl2N3. The summed E-state index contributed by atoms with van der Waals surface area (Å²) >= 11 is 12.1.